The lowest BCUT2D eigenvalue weighted by Crippen LogP contribution is -2.24. The summed E-state index contributed by atoms with van der Waals surface area (Å²) in [4.78, 5) is 12.7. The molecule has 0 aliphatic heterocycles. The second-order valence-corrected chi connectivity index (χ2v) is 6.32. The molecule has 3 aromatic rings. The highest BCUT2D eigenvalue weighted by atomic mass is 16.4. The highest BCUT2D eigenvalue weighted by Crippen LogP contribution is 2.32. The summed E-state index contributed by atoms with van der Waals surface area (Å²) in [6.07, 6.45) is 9.28. The molecule has 0 saturated heterocycles. The lowest BCUT2D eigenvalue weighted by atomic mass is 9.98. The molecule has 0 saturated carbocycles. The van der Waals surface area contributed by atoms with E-state index in [1.54, 1.807) is 11.5 Å². The molecule has 1 aliphatic carbocycles. The van der Waals surface area contributed by atoms with Crippen molar-refractivity contribution in [2.75, 3.05) is 0 Å². The van der Waals surface area contributed by atoms with E-state index in [0.717, 1.165) is 34.2 Å². The smallest absolute Gasteiger partial charge is 0.254 e. The van der Waals surface area contributed by atoms with Crippen LogP contribution in [0.25, 0.3) is 28.7 Å². The molecule has 5 nitrogen and oxygen atoms in total. The van der Waals surface area contributed by atoms with Gasteiger partial charge in [0.15, 0.2) is 0 Å². The number of aromatic nitrogens is 3. The molecule has 1 aliphatic rings. The third-order valence-corrected chi connectivity index (χ3v) is 4.55. The van der Waals surface area contributed by atoms with Crippen molar-refractivity contribution < 1.29 is 4.42 Å². The van der Waals surface area contributed by atoms with Gasteiger partial charge in [-0.15, -0.1) is 16.8 Å². The first kappa shape index (κ1) is 16.3. The molecule has 0 atom stereocenters. The summed E-state index contributed by atoms with van der Waals surface area (Å²) in [6, 6.07) is 7.97. The maximum absolute atomic E-state index is 12.7. The van der Waals surface area contributed by atoms with Gasteiger partial charge in [0.25, 0.3) is 5.56 Å². The maximum atomic E-state index is 12.7. The van der Waals surface area contributed by atoms with Gasteiger partial charge in [-0.2, -0.15) is 0 Å². The van der Waals surface area contributed by atoms with Crippen LogP contribution in [0.3, 0.4) is 0 Å². The van der Waals surface area contributed by atoms with E-state index in [9.17, 15) is 4.79 Å². The SMILES string of the molecule is C=CCCn1cc(-c2cccc(-c3nnc(C)o3)c2)c2c(c1=O)CC=C2. The van der Waals surface area contributed by atoms with Gasteiger partial charge in [-0.1, -0.05) is 30.4 Å². The fourth-order valence-corrected chi connectivity index (χ4v) is 3.28. The second kappa shape index (κ2) is 6.59. The molecule has 0 bridgehead atoms. The van der Waals surface area contributed by atoms with E-state index in [1.807, 2.05) is 48.7 Å². The lowest BCUT2D eigenvalue weighted by Gasteiger charge is -2.13. The fraction of sp³-hybridized carbons (Fsp3) is 0.190. The quantitative estimate of drug-likeness (QED) is 0.655. The van der Waals surface area contributed by atoms with Gasteiger partial charge in [0.1, 0.15) is 0 Å². The summed E-state index contributed by atoms with van der Waals surface area (Å²) in [5.74, 6) is 1.03. The second-order valence-electron chi connectivity index (χ2n) is 6.32. The van der Waals surface area contributed by atoms with E-state index in [-0.39, 0.29) is 5.56 Å². The van der Waals surface area contributed by atoms with Crippen LogP contribution in [0.5, 0.6) is 0 Å². The van der Waals surface area contributed by atoms with Crippen LogP contribution in [-0.4, -0.2) is 14.8 Å². The molecule has 0 radical (unpaired) electrons. The van der Waals surface area contributed by atoms with E-state index in [4.69, 9.17) is 4.42 Å². The van der Waals surface area contributed by atoms with Gasteiger partial charge in [-0.3, -0.25) is 4.79 Å². The number of hydrogen-bond acceptors (Lipinski definition) is 4. The van der Waals surface area contributed by atoms with Crippen molar-refractivity contribution in [3.05, 3.63) is 76.6 Å². The molecule has 2 aromatic heterocycles. The van der Waals surface area contributed by atoms with Crippen molar-refractivity contribution in [1.29, 1.82) is 0 Å². The zero-order chi connectivity index (χ0) is 18.1. The van der Waals surface area contributed by atoms with Gasteiger partial charge in [0.2, 0.25) is 11.8 Å². The molecule has 5 heteroatoms. The van der Waals surface area contributed by atoms with Crippen LogP contribution in [-0.2, 0) is 13.0 Å². The summed E-state index contributed by atoms with van der Waals surface area (Å²) in [5, 5.41) is 8.00. The normalized spacial score (nSPS) is 12.3. The Kier molecular flexibility index (Phi) is 4.13. The predicted octanol–water partition coefficient (Wildman–Crippen LogP) is 4.02. The van der Waals surface area contributed by atoms with E-state index >= 15 is 0 Å². The molecule has 26 heavy (non-hydrogen) atoms. The Morgan fingerprint density at radius 2 is 2.15 bits per heavy atom. The average Bonchev–Trinajstić information content (AvgIpc) is 3.31. The third-order valence-electron chi connectivity index (χ3n) is 4.55. The molecule has 0 amide bonds. The molecule has 4 rings (SSSR count). The average molecular weight is 345 g/mol. The van der Waals surface area contributed by atoms with Crippen LogP contribution in [0.15, 0.2) is 58.4 Å². The number of allylic oxidation sites excluding steroid dienone is 2. The highest BCUT2D eigenvalue weighted by Gasteiger charge is 2.18. The van der Waals surface area contributed by atoms with Crippen molar-refractivity contribution in [3.8, 4) is 22.6 Å². The van der Waals surface area contributed by atoms with Crippen LogP contribution < -0.4 is 5.56 Å². The van der Waals surface area contributed by atoms with Crippen LogP contribution in [0.4, 0.5) is 0 Å². The van der Waals surface area contributed by atoms with Gasteiger partial charge < -0.3 is 8.98 Å². The Hall–Kier alpha value is -3.21. The third kappa shape index (κ3) is 2.81. The summed E-state index contributed by atoms with van der Waals surface area (Å²) >= 11 is 0. The van der Waals surface area contributed by atoms with Crippen molar-refractivity contribution >= 4 is 6.08 Å². The minimum atomic E-state index is 0.0827. The van der Waals surface area contributed by atoms with E-state index in [0.29, 0.717) is 24.7 Å². The molecule has 0 spiro atoms. The molecular weight excluding hydrogens is 326 g/mol. The van der Waals surface area contributed by atoms with Crippen LogP contribution in [0.2, 0.25) is 0 Å². The summed E-state index contributed by atoms with van der Waals surface area (Å²) < 4.78 is 7.33. The first-order valence-electron chi connectivity index (χ1n) is 8.62. The summed E-state index contributed by atoms with van der Waals surface area (Å²) in [7, 11) is 0. The monoisotopic (exact) mass is 345 g/mol. The van der Waals surface area contributed by atoms with Crippen molar-refractivity contribution in [1.82, 2.24) is 14.8 Å². The standard InChI is InChI=1S/C21H19N3O2/c1-3-4-11-24-13-19(17-9-6-10-18(17)21(24)25)15-7-5-8-16(12-15)20-23-22-14(2)26-20/h3,5-9,12-13H,1,4,10-11H2,2H3. The van der Waals surface area contributed by atoms with Gasteiger partial charge in [0, 0.05) is 36.4 Å². The predicted molar refractivity (Wildman–Crippen MR) is 102 cm³/mol. The van der Waals surface area contributed by atoms with E-state index < -0.39 is 0 Å². The number of hydrogen-bond donors (Lipinski definition) is 0. The first-order valence-corrected chi connectivity index (χ1v) is 8.62. The van der Waals surface area contributed by atoms with Crippen molar-refractivity contribution in [3.63, 3.8) is 0 Å². The molecule has 0 N–H and O–H groups in total. The minimum absolute atomic E-state index is 0.0827. The summed E-state index contributed by atoms with van der Waals surface area (Å²) in [6.45, 7) is 6.16. The van der Waals surface area contributed by atoms with Gasteiger partial charge in [0.05, 0.1) is 0 Å². The molecule has 130 valence electrons. The number of pyridine rings is 1. The van der Waals surface area contributed by atoms with Crippen LogP contribution >= 0.6 is 0 Å². The van der Waals surface area contributed by atoms with Gasteiger partial charge >= 0.3 is 0 Å². The number of benzene rings is 1. The van der Waals surface area contributed by atoms with Crippen molar-refractivity contribution in [2.45, 2.75) is 26.3 Å². The van der Waals surface area contributed by atoms with Crippen molar-refractivity contribution in [2.24, 2.45) is 0 Å². The molecular formula is C21H19N3O2. The zero-order valence-corrected chi connectivity index (χ0v) is 14.6. The number of rotatable bonds is 5. The Balaban J connectivity index is 1.85. The molecule has 2 heterocycles. The Labute approximate surface area is 151 Å². The zero-order valence-electron chi connectivity index (χ0n) is 14.6. The lowest BCUT2D eigenvalue weighted by molar-refractivity contribution is 0.533. The molecule has 0 unspecified atom stereocenters. The van der Waals surface area contributed by atoms with Gasteiger partial charge in [-0.25, -0.2) is 0 Å². The first-order chi connectivity index (χ1) is 12.7. The minimum Gasteiger partial charge on any atom is -0.421 e. The largest absolute Gasteiger partial charge is 0.421 e. The Bertz CT molecular complexity index is 1070. The van der Waals surface area contributed by atoms with E-state index in [1.165, 1.54) is 0 Å². The number of fused-ring (bicyclic) bond motifs is 1. The summed E-state index contributed by atoms with van der Waals surface area (Å²) in [5.41, 5.74) is 4.86. The maximum Gasteiger partial charge on any atom is 0.254 e. The molecule has 1 aromatic carbocycles. The number of nitrogens with zero attached hydrogens (tertiary/aromatic N) is 3. The van der Waals surface area contributed by atoms with Crippen LogP contribution in [0.1, 0.15) is 23.4 Å². The number of aryl methyl sites for hydroxylation is 2. The fourth-order valence-electron chi connectivity index (χ4n) is 3.28. The Morgan fingerprint density at radius 1 is 1.31 bits per heavy atom. The highest BCUT2D eigenvalue weighted by molar-refractivity contribution is 5.80. The van der Waals surface area contributed by atoms with E-state index in [2.05, 4.69) is 16.8 Å². The molecule has 0 fully saturated rings. The van der Waals surface area contributed by atoms with Gasteiger partial charge in [-0.05, 0) is 36.1 Å². The van der Waals surface area contributed by atoms with Crippen LogP contribution in [0, 0.1) is 6.92 Å². The Morgan fingerprint density at radius 3 is 2.92 bits per heavy atom. The topological polar surface area (TPSA) is 60.9 Å².